The molecule has 0 aliphatic carbocycles. The van der Waals surface area contributed by atoms with Crippen LogP contribution in [-0.4, -0.2) is 15.0 Å². The van der Waals surface area contributed by atoms with Crippen LogP contribution < -0.4 is 0 Å². The smallest absolute Gasteiger partial charge is 0.164 e. The van der Waals surface area contributed by atoms with E-state index in [0.29, 0.717) is 28.6 Å². The zero-order valence-electron chi connectivity index (χ0n) is 19.9. The molecule has 0 atom stereocenters. The van der Waals surface area contributed by atoms with Crippen molar-refractivity contribution in [2.45, 2.75) is 0 Å². The second-order valence-electron chi connectivity index (χ2n) is 8.68. The highest BCUT2D eigenvalue weighted by molar-refractivity contribution is 5.72. The first kappa shape index (κ1) is 22.5. The molecule has 5 aromatic carbocycles. The molecular formula is C33H22FN3. The highest BCUT2D eigenvalue weighted by Gasteiger charge is 2.14. The quantitative estimate of drug-likeness (QED) is 0.249. The van der Waals surface area contributed by atoms with Gasteiger partial charge in [-0.2, -0.15) is 0 Å². The summed E-state index contributed by atoms with van der Waals surface area (Å²) in [7, 11) is 0. The van der Waals surface area contributed by atoms with E-state index >= 15 is 4.39 Å². The average Bonchev–Trinajstić information content (AvgIpc) is 2.98. The Morgan fingerprint density at radius 2 is 0.730 bits per heavy atom. The monoisotopic (exact) mass is 479 g/mol. The number of nitrogens with zero attached hydrogens (tertiary/aromatic N) is 3. The van der Waals surface area contributed by atoms with Crippen molar-refractivity contribution < 1.29 is 4.39 Å². The van der Waals surface area contributed by atoms with E-state index in [0.717, 1.165) is 27.8 Å². The van der Waals surface area contributed by atoms with Gasteiger partial charge in [-0.1, -0.05) is 127 Å². The molecule has 1 aromatic heterocycles. The number of aromatic nitrogens is 3. The summed E-state index contributed by atoms with van der Waals surface area (Å²) in [6, 6.07) is 42.7. The maximum atomic E-state index is 15.2. The molecule has 0 radical (unpaired) electrons. The van der Waals surface area contributed by atoms with Gasteiger partial charge in [-0.3, -0.25) is 0 Å². The van der Waals surface area contributed by atoms with Gasteiger partial charge in [0.15, 0.2) is 17.5 Å². The van der Waals surface area contributed by atoms with Gasteiger partial charge < -0.3 is 0 Å². The van der Waals surface area contributed by atoms with E-state index in [1.54, 1.807) is 6.07 Å². The van der Waals surface area contributed by atoms with E-state index < -0.39 is 0 Å². The fourth-order valence-corrected chi connectivity index (χ4v) is 4.30. The van der Waals surface area contributed by atoms with Crippen LogP contribution in [0.1, 0.15) is 0 Å². The summed E-state index contributed by atoms with van der Waals surface area (Å²) in [4.78, 5) is 14.2. The van der Waals surface area contributed by atoms with Gasteiger partial charge in [0.2, 0.25) is 0 Å². The lowest BCUT2D eigenvalue weighted by Gasteiger charge is -2.10. The van der Waals surface area contributed by atoms with Crippen molar-refractivity contribution in [1.29, 1.82) is 0 Å². The van der Waals surface area contributed by atoms with E-state index in [1.807, 2.05) is 97.1 Å². The van der Waals surface area contributed by atoms with Crippen LogP contribution in [0.4, 0.5) is 4.39 Å². The van der Waals surface area contributed by atoms with Gasteiger partial charge >= 0.3 is 0 Å². The average molecular weight is 480 g/mol. The summed E-state index contributed by atoms with van der Waals surface area (Å²) in [6.07, 6.45) is 0. The summed E-state index contributed by atoms with van der Waals surface area (Å²) < 4.78 is 15.2. The molecule has 0 aliphatic rings. The maximum absolute atomic E-state index is 15.2. The van der Waals surface area contributed by atoms with Crippen molar-refractivity contribution in [2.75, 3.05) is 0 Å². The Balaban J connectivity index is 1.44. The first-order chi connectivity index (χ1) is 18.2. The van der Waals surface area contributed by atoms with Gasteiger partial charge in [0.1, 0.15) is 5.82 Å². The topological polar surface area (TPSA) is 38.7 Å². The Morgan fingerprint density at radius 1 is 0.351 bits per heavy atom. The largest absolute Gasteiger partial charge is 0.208 e. The second-order valence-corrected chi connectivity index (χ2v) is 8.68. The molecule has 0 bridgehead atoms. The molecule has 0 fully saturated rings. The van der Waals surface area contributed by atoms with Gasteiger partial charge in [-0.15, -0.1) is 0 Å². The van der Waals surface area contributed by atoms with Crippen LogP contribution >= 0.6 is 0 Å². The van der Waals surface area contributed by atoms with E-state index in [1.165, 1.54) is 6.07 Å². The highest BCUT2D eigenvalue weighted by atomic mass is 19.1. The van der Waals surface area contributed by atoms with Gasteiger partial charge in [0.25, 0.3) is 0 Å². The Morgan fingerprint density at radius 3 is 1.27 bits per heavy atom. The van der Waals surface area contributed by atoms with Crippen LogP contribution in [0.15, 0.2) is 133 Å². The predicted molar refractivity (Wildman–Crippen MR) is 147 cm³/mol. The number of hydrogen-bond donors (Lipinski definition) is 0. The number of hydrogen-bond acceptors (Lipinski definition) is 3. The van der Waals surface area contributed by atoms with Crippen LogP contribution in [0.25, 0.3) is 56.4 Å². The fourth-order valence-electron chi connectivity index (χ4n) is 4.30. The molecule has 0 amide bonds. The molecule has 0 aliphatic heterocycles. The zero-order chi connectivity index (χ0) is 25.0. The van der Waals surface area contributed by atoms with Gasteiger partial charge in [0.05, 0.1) is 0 Å². The van der Waals surface area contributed by atoms with Crippen LogP contribution in [0.5, 0.6) is 0 Å². The number of halogens is 1. The van der Waals surface area contributed by atoms with E-state index in [-0.39, 0.29) is 5.82 Å². The third-order valence-corrected chi connectivity index (χ3v) is 6.23. The summed E-state index contributed by atoms with van der Waals surface area (Å²) in [5.74, 6) is 1.19. The maximum Gasteiger partial charge on any atom is 0.164 e. The first-order valence-electron chi connectivity index (χ1n) is 12.1. The number of rotatable bonds is 5. The molecule has 1 heterocycles. The Kier molecular flexibility index (Phi) is 6.05. The summed E-state index contributed by atoms with van der Waals surface area (Å²) in [5.41, 5.74) is 5.95. The van der Waals surface area contributed by atoms with Gasteiger partial charge in [-0.05, 0) is 22.8 Å². The van der Waals surface area contributed by atoms with E-state index in [4.69, 9.17) is 15.0 Å². The van der Waals surface area contributed by atoms with Crippen molar-refractivity contribution in [3.8, 4) is 56.4 Å². The third-order valence-electron chi connectivity index (χ3n) is 6.23. The van der Waals surface area contributed by atoms with Crippen LogP contribution in [-0.2, 0) is 0 Å². The molecule has 0 unspecified atom stereocenters. The molecule has 176 valence electrons. The molecule has 0 saturated heterocycles. The minimum atomic E-state index is -0.320. The Bertz CT molecular complexity index is 1650. The first-order valence-corrected chi connectivity index (χ1v) is 12.1. The second kappa shape index (κ2) is 9.96. The fraction of sp³-hybridized carbons (Fsp3) is 0. The van der Waals surface area contributed by atoms with Crippen molar-refractivity contribution in [1.82, 2.24) is 15.0 Å². The lowest BCUT2D eigenvalue weighted by molar-refractivity contribution is 0.631. The minimum absolute atomic E-state index is 0.320. The third kappa shape index (κ3) is 4.78. The van der Waals surface area contributed by atoms with Crippen LogP contribution in [0, 0.1) is 5.82 Å². The van der Waals surface area contributed by atoms with Crippen molar-refractivity contribution >= 4 is 0 Å². The summed E-state index contributed by atoms with van der Waals surface area (Å²) in [5, 5.41) is 0. The summed E-state index contributed by atoms with van der Waals surface area (Å²) >= 11 is 0. The van der Waals surface area contributed by atoms with Gasteiger partial charge in [-0.25, -0.2) is 19.3 Å². The number of benzene rings is 5. The molecule has 4 heteroatoms. The van der Waals surface area contributed by atoms with E-state index in [2.05, 4.69) is 24.3 Å². The van der Waals surface area contributed by atoms with Crippen LogP contribution in [0.3, 0.4) is 0 Å². The molecule has 0 saturated carbocycles. The van der Waals surface area contributed by atoms with Crippen molar-refractivity contribution in [2.24, 2.45) is 0 Å². The summed E-state index contributed by atoms with van der Waals surface area (Å²) in [6.45, 7) is 0. The van der Waals surface area contributed by atoms with E-state index in [9.17, 15) is 0 Å². The van der Waals surface area contributed by atoms with Crippen molar-refractivity contribution in [3.63, 3.8) is 0 Å². The Hall–Kier alpha value is -4.96. The van der Waals surface area contributed by atoms with Gasteiger partial charge in [0, 0.05) is 22.3 Å². The molecule has 6 aromatic rings. The molecule has 0 N–H and O–H groups in total. The molecule has 3 nitrogen and oxygen atoms in total. The minimum Gasteiger partial charge on any atom is -0.208 e. The predicted octanol–water partition coefficient (Wildman–Crippen LogP) is 8.35. The van der Waals surface area contributed by atoms with Crippen LogP contribution in [0.2, 0.25) is 0 Å². The molecule has 6 rings (SSSR count). The molecule has 37 heavy (non-hydrogen) atoms. The standard InChI is InChI=1S/C33H22FN3/c34-30-22-28(20-21-29(30)25-12-6-2-7-13-25)33-36-31(26-14-8-3-9-15-26)35-32(37-33)27-18-16-24(17-19-27)23-10-4-1-5-11-23/h1-22H. The van der Waals surface area contributed by atoms with Crippen molar-refractivity contribution in [3.05, 3.63) is 139 Å². The lowest BCUT2D eigenvalue weighted by atomic mass is 10.0. The molecule has 0 spiro atoms. The lowest BCUT2D eigenvalue weighted by Crippen LogP contribution is -2.00. The Labute approximate surface area is 215 Å². The highest BCUT2D eigenvalue weighted by Crippen LogP contribution is 2.30. The SMILES string of the molecule is Fc1cc(-c2nc(-c3ccccc3)nc(-c3ccc(-c4ccccc4)cc3)n2)ccc1-c1ccccc1. The zero-order valence-corrected chi connectivity index (χ0v) is 19.9. The molecular weight excluding hydrogens is 457 g/mol. The normalized spacial score (nSPS) is 10.8.